The van der Waals surface area contributed by atoms with Crippen molar-refractivity contribution in [3.05, 3.63) is 51.7 Å². The third-order valence-electron chi connectivity index (χ3n) is 2.51. The van der Waals surface area contributed by atoms with Crippen molar-refractivity contribution < 1.29 is 14.6 Å². The minimum atomic E-state index is -0.595. The van der Waals surface area contributed by atoms with Crippen molar-refractivity contribution in [3.8, 4) is 5.75 Å². The molecule has 1 aromatic carbocycles. The zero-order valence-electron chi connectivity index (χ0n) is 9.69. The van der Waals surface area contributed by atoms with Gasteiger partial charge in [-0.2, -0.15) is 0 Å². The lowest BCUT2D eigenvalue weighted by Crippen LogP contribution is -2.07. The Balaban J connectivity index is 2.31. The number of aromatic hydroxyl groups is 1. The van der Waals surface area contributed by atoms with Crippen LogP contribution in [0.5, 0.6) is 5.75 Å². The van der Waals surface area contributed by atoms with Crippen molar-refractivity contribution in [2.45, 2.75) is 6.42 Å². The van der Waals surface area contributed by atoms with Crippen LogP contribution in [0.4, 0.5) is 0 Å². The number of hydrogen-bond acceptors (Lipinski definition) is 4. The van der Waals surface area contributed by atoms with Gasteiger partial charge in [0.05, 0.1) is 12.8 Å². The molecule has 0 aliphatic carbocycles. The second kappa shape index (κ2) is 4.79. The summed E-state index contributed by atoms with van der Waals surface area (Å²) in [6.45, 7) is 0. The van der Waals surface area contributed by atoms with Crippen LogP contribution < -0.4 is 5.69 Å². The van der Waals surface area contributed by atoms with E-state index in [0.717, 1.165) is 5.56 Å². The van der Waals surface area contributed by atoms with Gasteiger partial charge < -0.3 is 14.8 Å². The lowest BCUT2D eigenvalue weighted by molar-refractivity contribution is 0.0593. The largest absolute Gasteiger partial charge is 0.508 e. The molecule has 6 heteroatoms. The van der Waals surface area contributed by atoms with Crippen LogP contribution in [0.25, 0.3) is 0 Å². The molecule has 6 nitrogen and oxygen atoms in total. The fourth-order valence-corrected chi connectivity index (χ4v) is 1.65. The Morgan fingerprint density at radius 1 is 1.28 bits per heavy atom. The Morgan fingerprint density at radius 2 is 1.94 bits per heavy atom. The Hall–Kier alpha value is -2.50. The summed E-state index contributed by atoms with van der Waals surface area (Å²) >= 11 is 0. The molecular formula is C12H12N2O4. The summed E-state index contributed by atoms with van der Waals surface area (Å²) in [6.07, 6.45) is 0.365. The summed E-state index contributed by atoms with van der Waals surface area (Å²) in [5.41, 5.74) is 0.977. The van der Waals surface area contributed by atoms with E-state index < -0.39 is 11.7 Å². The normalized spacial score (nSPS) is 10.3. The summed E-state index contributed by atoms with van der Waals surface area (Å²) in [5.74, 6) is -0.434. The van der Waals surface area contributed by atoms with Gasteiger partial charge in [0.2, 0.25) is 0 Å². The van der Waals surface area contributed by atoms with Crippen molar-refractivity contribution in [3.63, 3.8) is 0 Å². The number of esters is 1. The van der Waals surface area contributed by atoms with Crippen molar-refractivity contribution in [1.29, 1.82) is 0 Å². The third-order valence-corrected chi connectivity index (χ3v) is 2.51. The number of phenolic OH excluding ortho intramolecular Hbond substituents is 1. The van der Waals surface area contributed by atoms with E-state index in [1.807, 2.05) is 0 Å². The molecule has 2 rings (SSSR count). The average molecular weight is 248 g/mol. The lowest BCUT2D eigenvalue weighted by Gasteiger charge is -2.02. The molecular weight excluding hydrogens is 236 g/mol. The molecule has 3 N–H and O–H groups in total. The van der Waals surface area contributed by atoms with E-state index in [-0.39, 0.29) is 11.4 Å². The molecule has 0 saturated carbocycles. The number of aromatic amines is 2. The van der Waals surface area contributed by atoms with Crippen LogP contribution in [0.2, 0.25) is 0 Å². The van der Waals surface area contributed by atoms with Gasteiger partial charge in [0.15, 0.2) is 0 Å². The van der Waals surface area contributed by atoms with E-state index >= 15 is 0 Å². The van der Waals surface area contributed by atoms with Gasteiger partial charge in [0.1, 0.15) is 11.4 Å². The van der Waals surface area contributed by atoms with E-state index in [1.54, 1.807) is 12.1 Å². The highest BCUT2D eigenvalue weighted by molar-refractivity contribution is 5.88. The van der Waals surface area contributed by atoms with E-state index in [1.165, 1.54) is 19.2 Å². The highest BCUT2D eigenvalue weighted by Crippen LogP contribution is 2.14. The van der Waals surface area contributed by atoms with Crippen LogP contribution in [-0.4, -0.2) is 28.2 Å². The Kier molecular flexibility index (Phi) is 3.18. The molecule has 0 bridgehead atoms. The molecule has 18 heavy (non-hydrogen) atoms. The van der Waals surface area contributed by atoms with Crippen LogP contribution in [-0.2, 0) is 11.2 Å². The molecule has 0 aliphatic heterocycles. The fourth-order valence-electron chi connectivity index (χ4n) is 1.65. The maximum Gasteiger partial charge on any atom is 0.356 e. The molecule has 0 aliphatic rings. The summed E-state index contributed by atoms with van der Waals surface area (Å²) in [4.78, 5) is 27.6. The second-order valence-electron chi connectivity index (χ2n) is 3.77. The minimum absolute atomic E-state index is 0.121. The summed E-state index contributed by atoms with van der Waals surface area (Å²) in [6, 6.07) is 6.50. The highest BCUT2D eigenvalue weighted by Gasteiger charge is 2.15. The van der Waals surface area contributed by atoms with Crippen molar-refractivity contribution >= 4 is 5.97 Å². The molecule has 1 aromatic heterocycles. The fraction of sp³-hybridized carbons (Fsp3) is 0.167. The molecule has 0 fully saturated rings. The molecule has 1 heterocycles. The predicted molar refractivity (Wildman–Crippen MR) is 63.7 cm³/mol. The van der Waals surface area contributed by atoms with Gasteiger partial charge in [-0.15, -0.1) is 0 Å². The van der Waals surface area contributed by atoms with Crippen LogP contribution in [0.15, 0.2) is 29.1 Å². The predicted octanol–water partition coefficient (Wildman–Crippen LogP) is 0.786. The van der Waals surface area contributed by atoms with Gasteiger partial charge in [0.25, 0.3) is 0 Å². The number of aromatic nitrogens is 2. The second-order valence-corrected chi connectivity index (χ2v) is 3.77. The number of imidazole rings is 1. The summed E-state index contributed by atoms with van der Waals surface area (Å²) in [7, 11) is 1.25. The number of carbonyl (C=O) groups is 1. The molecule has 0 unspecified atom stereocenters. The molecule has 0 spiro atoms. The minimum Gasteiger partial charge on any atom is -0.508 e. The topological polar surface area (TPSA) is 95.2 Å². The molecule has 0 amide bonds. The number of phenols is 1. The molecule has 0 saturated heterocycles. The van der Waals surface area contributed by atoms with E-state index in [2.05, 4.69) is 14.7 Å². The number of ether oxygens (including phenoxy) is 1. The van der Waals surface area contributed by atoms with Crippen LogP contribution in [0.1, 0.15) is 21.7 Å². The molecule has 2 aromatic rings. The Bertz CT molecular complexity index is 610. The van der Waals surface area contributed by atoms with Gasteiger partial charge >= 0.3 is 11.7 Å². The number of methoxy groups -OCH3 is 1. The SMILES string of the molecule is COC(=O)c1[nH]c(=O)[nH]c1Cc1ccc(O)cc1. The molecule has 0 radical (unpaired) electrons. The summed E-state index contributed by atoms with van der Waals surface area (Å²) in [5, 5.41) is 9.17. The first kappa shape index (κ1) is 12.0. The van der Waals surface area contributed by atoms with Crippen LogP contribution in [0.3, 0.4) is 0 Å². The number of carbonyl (C=O) groups excluding carboxylic acids is 1. The Labute approximate surface area is 102 Å². The standard InChI is InChI=1S/C12H12N2O4/c1-18-11(16)10-9(13-12(17)14-10)6-7-2-4-8(15)5-3-7/h2-5,15H,6H2,1H3,(H2,13,14,17). The van der Waals surface area contributed by atoms with E-state index in [4.69, 9.17) is 5.11 Å². The lowest BCUT2D eigenvalue weighted by atomic mass is 10.1. The number of hydrogen-bond donors (Lipinski definition) is 3. The smallest absolute Gasteiger partial charge is 0.356 e. The van der Waals surface area contributed by atoms with Gasteiger partial charge in [-0.1, -0.05) is 12.1 Å². The number of nitrogens with one attached hydrogen (secondary N) is 2. The number of H-pyrrole nitrogens is 2. The Morgan fingerprint density at radius 3 is 2.56 bits per heavy atom. The third kappa shape index (κ3) is 2.42. The van der Waals surface area contributed by atoms with Crippen molar-refractivity contribution in [2.24, 2.45) is 0 Å². The van der Waals surface area contributed by atoms with E-state index in [0.29, 0.717) is 12.1 Å². The van der Waals surface area contributed by atoms with Gasteiger partial charge in [-0.05, 0) is 17.7 Å². The van der Waals surface area contributed by atoms with Gasteiger partial charge in [-0.3, -0.25) is 4.98 Å². The zero-order chi connectivity index (χ0) is 13.1. The number of benzene rings is 1. The van der Waals surface area contributed by atoms with Gasteiger partial charge in [0, 0.05) is 6.42 Å². The number of rotatable bonds is 3. The van der Waals surface area contributed by atoms with Crippen LogP contribution >= 0.6 is 0 Å². The quantitative estimate of drug-likeness (QED) is 0.700. The van der Waals surface area contributed by atoms with E-state index in [9.17, 15) is 9.59 Å². The maximum absolute atomic E-state index is 11.4. The first-order chi connectivity index (χ1) is 8.60. The zero-order valence-corrected chi connectivity index (χ0v) is 9.69. The van der Waals surface area contributed by atoms with Gasteiger partial charge in [-0.25, -0.2) is 9.59 Å². The molecule has 94 valence electrons. The molecule has 0 atom stereocenters. The van der Waals surface area contributed by atoms with Crippen molar-refractivity contribution in [1.82, 2.24) is 9.97 Å². The summed E-state index contributed by atoms with van der Waals surface area (Å²) < 4.78 is 4.58. The maximum atomic E-state index is 11.4. The average Bonchev–Trinajstić information content (AvgIpc) is 2.72. The highest BCUT2D eigenvalue weighted by atomic mass is 16.5. The van der Waals surface area contributed by atoms with Crippen molar-refractivity contribution in [2.75, 3.05) is 7.11 Å². The van der Waals surface area contributed by atoms with Crippen LogP contribution in [0, 0.1) is 0 Å². The monoisotopic (exact) mass is 248 g/mol. The first-order valence-corrected chi connectivity index (χ1v) is 5.27. The first-order valence-electron chi connectivity index (χ1n) is 5.27.